The van der Waals surface area contributed by atoms with E-state index in [1.807, 2.05) is 5.32 Å². The third kappa shape index (κ3) is 40.6. The van der Waals surface area contributed by atoms with E-state index in [1.165, 1.54) is 13.2 Å². The standard InChI is InChI=1S/C7H10N4O3.2C4H8N2S4.Mn.Zn/c1-3-9-7(13)10-6(12)5(4-8)11-14-2;2*7-3(8)5-1-2-6-4(9)10;;/h3H2,1-2H3,(H2,9,10,12,13);2*1-2H2,(H2,5,7,8)(H2,6,9,10);;/q;;;2*+2/p-4/b11-5+;;;;. The molecule has 0 aliphatic rings. The van der Waals surface area contributed by atoms with Crippen LogP contribution < -0.4 is 31.9 Å². The summed E-state index contributed by atoms with van der Waals surface area (Å²) in [5.41, 5.74) is -0.515. The van der Waals surface area contributed by atoms with Gasteiger partial charge in [0.05, 0.1) is 0 Å². The van der Waals surface area contributed by atoms with Crippen molar-refractivity contribution in [1.82, 2.24) is 31.9 Å². The fraction of sp³-hybridized carbons (Fsp3) is 0.467. The maximum absolute atomic E-state index is 11.0. The second-order valence-corrected chi connectivity index (χ2v) is 9.20. The van der Waals surface area contributed by atoms with Gasteiger partial charge in [0.15, 0.2) is 0 Å². The molecular weight excluding hydrogens is 717 g/mol. The van der Waals surface area contributed by atoms with Crippen molar-refractivity contribution in [2.45, 2.75) is 6.92 Å². The van der Waals surface area contributed by atoms with E-state index < -0.39 is 17.6 Å². The number of carbonyl (C=O) groups excluding carboxylic acids is 2. The van der Waals surface area contributed by atoms with Gasteiger partial charge in [0.1, 0.15) is 13.2 Å². The minimum atomic E-state index is -0.903. The summed E-state index contributed by atoms with van der Waals surface area (Å²) in [5.74, 6) is -0.903. The van der Waals surface area contributed by atoms with Crippen LogP contribution in [0.15, 0.2) is 5.16 Å². The van der Waals surface area contributed by atoms with Crippen molar-refractivity contribution in [3.8, 4) is 6.07 Å². The van der Waals surface area contributed by atoms with Crippen LogP contribution in [0.25, 0.3) is 0 Å². The van der Waals surface area contributed by atoms with Crippen LogP contribution in [0.4, 0.5) is 4.79 Å². The summed E-state index contributed by atoms with van der Waals surface area (Å²) in [5, 5.41) is 26.9. The summed E-state index contributed by atoms with van der Waals surface area (Å²) < 4.78 is 1.49. The van der Waals surface area contributed by atoms with Gasteiger partial charge in [0, 0.05) is 32.7 Å². The Bertz CT molecular complexity index is 710. The van der Waals surface area contributed by atoms with Gasteiger partial charge >= 0.3 is 42.6 Å². The molecule has 11 nitrogen and oxygen atoms in total. The Hall–Kier alpha value is -0.517. The van der Waals surface area contributed by atoms with Crippen molar-refractivity contribution in [3.05, 3.63) is 0 Å². The zero-order chi connectivity index (χ0) is 26.9. The number of hydrogen-bond acceptors (Lipinski definition) is 13. The van der Waals surface area contributed by atoms with E-state index in [0.717, 1.165) is 0 Å². The van der Waals surface area contributed by atoms with Crippen molar-refractivity contribution in [2.24, 2.45) is 5.16 Å². The van der Waals surface area contributed by atoms with Crippen LogP contribution in [0, 0.1) is 11.3 Å². The molecule has 0 saturated heterocycles. The molecule has 1 radical (unpaired) electrons. The van der Waals surface area contributed by atoms with Crippen LogP contribution in [-0.4, -0.2) is 74.8 Å². The van der Waals surface area contributed by atoms with Crippen LogP contribution in [0.2, 0.25) is 0 Å². The monoisotopic (exact) mass is 737 g/mol. The van der Waals surface area contributed by atoms with Crippen molar-refractivity contribution in [2.75, 3.05) is 39.8 Å². The van der Waals surface area contributed by atoms with Crippen molar-refractivity contribution < 1.29 is 51.0 Å². The third-order valence-electron chi connectivity index (χ3n) is 2.40. The van der Waals surface area contributed by atoms with E-state index >= 15 is 0 Å². The fourth-order valence-electron chi connectivity index (χ4n) is 1.23. The SMILES string of the molecule is CCNC(=O)NC(=O)/C(C#N)=N/OC.S=C([S-])NCCNC(=S)[S-].S=C([S-])NCCNC(=S)[S-].[Mn+2].[Zn+2]. The van der Waals surface area contributed by atoms with Gasteiger partial charge in [0.25, 0.3) is 5.91 Å². The molecule has 0 rings (SSSR count). The molecule has 0 aliphatic heterocycles. The molecule has 0 aromatic rings. The van der Waals surface area contributed by atoms with E-state index in [0.29, 0.717) is 50.0 Å². The molecule has 0 bridgehead atoms. The van der Waals surface area contributed by atoms with Crippen LogP contribution in [0.5, 0.6) is 0 Å². The summed E-state index contributed by atoms with van der Waals surface area (Å²) in [4.78, 5) is 26.1. The first-order chi connectivity index (χ1) is 15.9. The number of nitrogens with one attached hydrogen (secondary N) is 6. The zero-order valence-electron chi connectivity index (χ0n) is 19.0. The molecule has 36 heavy (non-hydrogen) atoms. The second kappa shape index (κ2) is 32.5. The van der Waals surface area contributed by atoms with E-state index in [2.05, 4.69) is 136 Å². The van der Waals surface area contributed by atoms with Gasteiger partial charge < -0.3 is 131 Å². The average Bonchev–Trinajstić information content (AvgIpc) is 2.73. The van der Waals surface area contributed by atoms with Crippen LogP contribution in [0.1, 0.15) is 6.92 Å². The van der Waals surface area contributed by atoms with Gasteiger partial charge in [0.2, 0.25) is 5.71 Å². The number of hydrogen-bond donors (Lipinski definition) is 6. The molecule has 0 saturated carbocycles. The van der Waals surface area contributed by atoms with Crippen molar-refractivity contribution in [1.29, 1.82) is 5.26 Å². The molecule has 0 aromatic carbocycles. The molecule has 21 heteroatoms. The summed E-state index contributed by atoms with van der Waals surface area (Å²) in [6.07, 6.45) is 0. The van der Waals surface area contributed by atoms with Crippen molar-refractivity contribution in [3.63, 3.8) is 0 Å². The summed E-state index contributed by atoms with van der Waals surface area (Å²) in [7, 11) is 1.19. The molecular formula is C15H22MnN8O3S8Zn. The van der Waals surface area contributed by atoms with Gasteiger partial charge in [-0.25, -0.2) is 4.79 Å². The Morgan fingerprint density at radius 1 is 0.833 bits per heavy atom. The maximum Gasteiger partial charge on any atom is 2.00 e. The number of urea groups is 1. The average molecular weight is 739 g/mol. The third-order valence-corrected chi connectivity index (χ3v) is 3.55. The van der Waals surface area contributed by atoms with Gasteiger partial charge in [-0.2, -0.15) is 5.26 Å². The molecule has 0 unspecified atom stereocenters. The number of oxime groups is 1. The largest absolute Gasteiger partial charge is 2.00 e. The molecule has 6 N–H and O–H groups in total. The predicted molar refractivity (Wildman–Crippen MR) is 159 cm³/mol. The van der Waals surface area contributed by atoms with E-state index in [4.69, 9.17) is 5.26 Å². The number of rotatable bonds is 9. The number of nitrogens with zero attached hydrogens (tertiary/aromatic N) is 2. The van der Waals surface area contributed by atoms with Gasteiger partial charge in [-0.15, -0.1) is 0 Å². The van der Waals surface area contributed by atoms with E-state index in [9.17, 15) is 9.59 Å². The van der Waals surface area contributed by atoms with E-state index in [-0.39, 0.29) is 36.5 Å². The molecule has 0 fully saturated rings. The Morgan fingerprint density at radius 2 is 1.17 bits per heavy atom. The minimum Gasteiger partial charge on any atom is -0.412 e. The summed E-state index contributed by atoms with van der Waals surface area (Å²) in [6, 6.07) is 0.799. The molecule has 3 amide bonds. The number of carbonyl (C=O) groups is 2. The molecule has 0 aromatic heterocycles. The molecule has 0 heterocycles. The van der Waals surface area contributed by atoms with Crippen molar-refractivity contribution >= 4 is 134 Å². The fourth-order valence-corrected chi connectivity index (χ4v) is 2.05. The maximum atomic E-state index is 11.0. The zero-order valence-corrected chi connectivity index (χ0v) is 29.7. The number of thiocarbonyl (C=S) groups is 4. The van der Waals surface area contributed by atoms with Gasteiger partial charge in [-0.1, -0.05) is 22.4 Å². The van der Waals surface area contributed by atoms with Crippen LogP contribution in [-0.2, 0) is 96.7 Å². The Balaban J connectivity index is -0.000000133. The molecule has 0 atom stereocenters. The first-order valence-corrected chi connectivity index (χ1v) is 12.1. The van der Waals surface area contributed by atoms with Gasteiger partial charge in [-0.05, 0) is 6.92 Å². The normalized spacial score (nSPS) is 8.53. The van der Waals surface area contributed by atoms with Crippen LogP contribution >= 0.6 is 48.9 Å². The number of amides is 3. The Labute approximate surface area is 277 Å². The van der Waals surface area contributed by atoms with Crippen LogP contribution in [0.3, 0.4) is 0 Å². The number of imide groups is 1. The topological polar surface area (TPSA) is 152 Å². The smallest absolute Gasteiger partial charge is 0.412 e. The molecule has 0 aliphatic carbocycles. The first-order valence-electron chi connectivity index (χ1n) is 8.80. The van der Waals surface area contributed by atoms with Gasteiger partial charge in [-0.3, -0.25) is 10.1 Å². The molecule has 197 valence electrons. The predicted octanol–water partition coefficient (Wildman–Crippen LogP) is -0.989. The minimum absolute atomic E-state index is 0. The quantitative estimate of drug-likeness (QED) is 0.0429. The number of nitriles is 1. The Morgan fingerprint density at radius 3 is 1.39 bits per heavy atom. The summed E-state index contributed by atoms with van der Waals surface area (Å²) >= 11 is 36.7. The first kappa shape index (κ1) is 45.4. The Kier molecular flexibility index (Phi) is 41.0. The second-order valence-electron chi connectivity index (χ2n) is 4.90. The summed E-state index contributed by atoms with van der Waals surface area (Å²) in [6.45, 7) is 4.73. The van der Waals surface area contributed by atoms with E-state index in [1.54, 1.807) is 6.92 Å². The molecule has 0 spiro atoms.